The SMILES string of the molecule is C=C[C@]1(NC(=O)C(Cl)(Cl)Cl)COC(C)(C)O[C@@H]1CO[Si](C)(C)C(C)(C)C. The molecule has 9 heteroatoms. The molecule has 0 unspecified atom stereocenters. The smallest absolute Gasteiger partial charge is 0.273 e. The van der Waals surface area contributed by atoms with Crippen LogP contribution in [0.3, 0.4) is 0 Å². The summed E-state index contributed by atoms with van der Waals surface area (Å²) in [5.41, 5.74) is -1.07. The van der Waals surface area contributed by atoms with Crippen LogP contribution < -0.4 is 5.32 Å². The monoisotopic (exact) mass is 445 g/mol. The highest BCUT2D eigenvalue weighted by Gasteiger charge is 2.50. The van der Waals surface area contributed by atoms with E-state index in [0.29, 0.717) is 0 Å². The minimum atomic E-state index is -2.10. The highest BCUT2D eigenvalue weighted by molar-refractivity contribution is 6.76. The summed E-state index contributed by atoms with van der Waals surface area (Å²) in [6.45, 7) is 18.6. The first-order valence-corrected chi connectivity index (χ1v) is 12.5. The average Bonchev–Trinajstić information content (AvgIpc) is 2.45. The summed E-state index contributed by atoms with van der Waals surface area (Å²) in [7, 11) is -2.03. The predicted molar refractivity (Wildman–Crippen MR) is 109 cm³/mol. The summed E-state index contributed by atoms with van der Waals surface area (Å²) in [6.07, 6.45) is 1.00. The molecule has 5 nitrogen and oxygen atoms in total. The van der Waals surface area contributed by atoms with Crippen molar-refractivity contribution >= 4 is 49.0 Å². The Hall–Kier alpha value is 0.177. The molecule has 1 heterocycles. The number of halogens is 3. The molecule has 0 aliphatic carbocycles. The summed E-state index contributed by atoms with van der Waals surface area (Å²) in [6, 6.07) is 0. The molecule has 1 rings (SSSR count). The van der Waals surface area contributed by atoms with Gasteiger partial charge in [0.1, 0.15) is 11.6 Å². The van der Waals surface area contributed by atoms with Gasteiger partial charge >= 0.3 is 0 Å². The van der Waals surface area contributed by atoms with Crippen molar-refractivity contribution in [2.24, 2.45) is 0 Å². The second-order valence-corrected chi connectivity index (χ2v) is 15.7. The maximum atomic E-state index is 12.3. The molecule has 1 amide bonds. The third kappa shape index (κ3) is 5.84. The molecule has 1 N–H and O–H groups in total. The van der Waals surface area contributed by atoms with E-state index in [0.717, 1.165) is 0 Å². The quantitative estimate of drug-likeness (QED) is 0.382. The second-order valence-electron chi connectivity index (χ2n) is 8.56. The van der Waals surface area contributed by atoms with Crippen LogP contribution in [-0.2, 0) is 18.7 Å². The molecule has 1 fully saturated rings. The molecule has 0 aromatic carbocycles. The minimum absolute atomic E-state index is 0.0331. The molecule has 1 saturated heterocycles. The van der Waals surface area contributed by atoms with Crippen molar-refractivity contribution < 1.29 is 18.7 Å². The fraction of sp³-hybridized carbons (Fsp3) is 0.824. The molecule has 0 aromatic heterocycles. The summed E-state index contributed by atoms with van der Waals surface area (Å²) in [5.74, 6) is -1.61. The lowest BCUT2D eigenvalue weighted by Crippen LogP contribution is -2.68. The van der Waals surface area contributed by atoms with E-state index in [1.807, 2.05) is 0 Å². The van der Waals surface area contributed by atoms with Crippen molar-refractivity contribution in [1.29, 1.82) is 0 Å². The second kappa shape index (κ2) is 7.89. The molecule has 0 saturated carbocycles. The van der Waals surface area contributed by atoms with Gasteiger partial charge in [-0.2, -0.15) is 0 Å². The molecule has 0 radical (unpaired) electrons. The van der Waals surface area contributed by atoms with Crippen LogP contribution in [0.5, 0.6) is 0 Å². The highest BCUT2D eigenvalue weighted by Crippen LogP contribution is 2.38. The van der Waals surface area contributed by atoms with E-state index in [2.05, 4.69) is 45.8 Å². The number of alkyl halides is 3. The standard InChI is InChI=1S/C17H30Cl3NO4Si/c1-9-16(21-13(22)17(18,19)20)11-23-15(5,6)25-12(16)10-24-26(7,8)14(2,3)4/h9,12H,1,10-11H2,2-8H3,(H,21,22)/t12-,16+/m1/s1. The number of hydrogen-bond acceptors (Lipinski definition) is 4. The molecule has 26 heavy (non-hydrogen) atoms. The normalized spacial score (nSPS) is 27.1. The van der Waals surface area contributed by atoms with Crippen LogP contribution in [0.4, 0.5) is 0 Å². The largest absolute Gasteiger partial charge is 0.414 e. The van der Waals surface area contributed by atoms with Gasteiger partial charge in [0, 0.05) is 0 Å². The van der Waals surface area contributed by atoms with Crippen molar-refractivity contribution in [3.05, 3.63) is 12.7 Å². The topological polar surface area (TPSA) is 56.8 Å². The summed E-state index contributed by atoms with van der Waals surface area (Å²) >= 11 is 17.1. The molecule has 0 aromatic rings. The van der Waals surface area contributed by atoms with Crippen LogP contribution in [-0.4, -0.2) is 48.7 Å². The Labute approximate surface area is 172 Å². The number of hydrogen-bond donors (Lipinski definition) is 1. The lowest BCUT2D eigenvalue weighted by atomic mass is 9.91. The van der Waals surface area contributed by atoms with Crippen LogP contribution in [0, 0.1) is 0 Å². The molecular weight excluding hydrogens is 417 g/mol. The van der Waals surface area contributed by atoms with Gasteiger partial charge in [-0.3, -0.25) is 4.79 Å². The molecule has 2 atom stereocenters. The molecule has 0 bridgehead atoms. The Balaban J connectivity index is 3.10. The van der Waals surface area contributed by atoms with E-state index in [1.165, 1.54) is 0 Å². The van der Waals surface area contributed by atoms with Gasteiger partial charge in [-0.25, -0.2) is 0 Å². The van der Waals surface area contributed by atoms with Crippen molar-refractivity contribution in [3.8, 4) is 0 Å². The van der Waals surface area contributed by atoms with E-state index in [4.69, 9.17) is 48.7 Å². The first kappa shape index (κ1) is 24.2. The number of amides is 1. The van der Waals surface area contributed by atoms with E-state index >= 15 is 0 Å². The fourth-order valence-electron chi connectivity index (χ4n) is 2.19. The number of carbonyl (C=O) groups excluding carboxylic acids is 1. The fourth-order valence-corrected chi connectivity index (χ4v) is 3.33. The van der Waals surface area contributed by atoms with Crippen LogP contribution in [0.2, 0.25) is 18.1 Å². The van der Waals surface area contributed by atoms with Crippen molar-refractivity contribution in [2.45, 2.75) is 74.0 Å². The number of rotatable bonds is 5. The maximum absolute atomic E-state index is 12.3. The Morgan fingerprint density at radius 1 is 1.35 bits per heavy atom. The van der Waals surface area contributed by atoms with E-state index in [-0.39, 0.29) is 18.3 Å². The van der Waals surface area contributed by atoms with Gasteiger partial charge in [0.25, 0.3) is 9.70 Å². The Kier molecular flexibility index (Phi) is 7.35. The minimum Gasteiger partial charge on any atom is -0.414 e. The Morgan fingerprint density at radius 3 is 2.31 bits per heavy atom. The third-order valence-electron chi connectivity index (χ3n) is 5.03. The predicted octanol–water partition coefficient (Wildman–Crippen LogP) is 4.57. The van der Waals surface area contributed by atoms with Crippen LogP contribution in [0.1, 0.15) is 34.6 Å². The highest BCUT2D eigenvalue weighted by atomic mass is 35.6. The zero-order valence-corrected chi connectivity index (χ0v) is 19.8. The van der Waals surface area contributed by atoms with Crippen molar-refractivity contribution in [1.82, 2.24) is 5.32 Å². The number of ether oxygens (including phenoxy) is 2. The van der Waals surface area contributed by atoms with Crippen LogP contribution in [0.25, 0.3) is 0 Å². The Morgan fingerprint density at radius 2 is 1.88 bits per heavy atom. The van der Waals surface area contributed by atoms with Gasteiger partial charge in [-0.05, 0) is 32.0 Å². The van der Waals surface area contributed by atoms with Gasteiger partial charge in [-0.15, -0.1) is 6.58 Å². The van der Waals surface area contributed by atoms with E-state index in [9.17, 15) is 4.79 Å². The van der Waals surface area contributed by atoms with Crippen molar-refractivity contribution in [3.63, 3.8) is 0 Å². The zero-order valence-electron chi connectivity index (χ0n) is 16.5. The lowest BCUT2D eigenvalue weighted by molar-refractivity contribution is -0.298. The molecule has 1 aliphatic heterocycles. The van der Waals surface area contributed by atoms with Gasteiger partial charge < -0.3 is 19.2 Å². The van der Waals surface area contributed by atoms with E-state index in [1.54, 1.807) is 19.9 Å². The molecule has 1 aliphatic rings. The zero-order chi connectivity index (χ0) is 20.6. The van der Waals surface area contributed by atoms with Gasteiger partial charge in [0.15, 0.2) is 14.1 Å². The lowest BCUT2D eigenvalue weighted by Gasteiger charge is -2.49. The number of carbonyl (C=O) groups is 1. The van der Waals surface area contributed by atoms with Gasteiger partial charge in [-0.1, -0.05) is 61.7 Å². The van der Waals surface area contributed by atoms with Crippen LogP contribution in [0.15, 0.2) is 12.7 Å². The third-order valence-corrected chi connectivity index (χ3v) is 10.0. The average molecular weight is 447 g/mol. The summed E-state index contributed by atoms with van der Waals surface area (Å²) in [5, 5.41) is 2.75. The molecule has 0 spiro atoms. The van der Waals surface area contributed by atoms with Gasteiger partial charge in [0.05, 0.1) is 13.2 Å². The van der Waals surface area contributed by atoms with Crippen molar-refractivity contribution in [2.75, 3.05) is 13.2 Å². The summed E-state index contributed by atoms with van der Waals surface area (Å²) in [4.78, 5) is 12.3. The number of nitrogens with one attached hydrogen (secondary N) is 1. The first-order chi connectivity index (χ1) is 11.5. The first-order valence-electron chi connectivity index (χ1n) is 8.44. The maximum Gasteiger partial charge on any atom is 0.273 e. The molecule has 152 valence electrons. The van der Waals surface area contributed by atoms with Crippen LogP contribution >= 0.6 is 34.8 Å². The van der Waals surface area contributed by atoms with Gasteiger partial charge in [0.2, 0.25) is 0 Å². The molecular formula is C17H30Cl3NO4Si. The summed E-state index contributed by atoms with van der Waals surface area (Å²) < 4.78 is 16.0. The Bertz CT molecular complexity index is 543. The van der Waals surface area contributed by atoms with E-state index < -0.39 is 35.4 Å².